The molecule has 3 rings (SSSR count). The predicted molar refractivity (Wildman–Crippen MR) is 83.5 cm³/mol. The van der Waals surface area contributed by atoms with E-state index in [0.717, 1.165) is 17.3 Å². The van der Waals surface area contributed by atoms with E-state index in [1.54, 1.807) is 6.20 Å². The highest BCUT2D eigenvalue weighted by Crippen LogP contribution is 2.19. The van der Waals surface area contributed by atoms with Crippen molar-refractivity contribution in [3.05, 3.63) is 48.3 Å². The quantitative estimate of drug-likeness (QED) is 0.768. The Balaban J connectivity index is 1.85. The zero-order chi connectivity index (χ0) is 14.8. The number of hydrogen-bond donors (Lipinski definition) is 2. The summed E-state index contributed by atoms with van der Waals surface area (Å²) in [4.78, 5) is 15.5. The molecule has 0 saturated heterocycles. The molecule has 2 N–H and O–H groups in total. The third kappa shape index (κ3) is 2.54. The second kappa shape index (κ2) is 5.44. The third-order valence-electron chi connectivity index (χ3n) is 3.69. The highest BCUT2D eigenvalue weighted by atomic mass is 16.2. The van der Waals surface area contributed by atoms with E-state index in [4.69, 9.17) is 0 Å². The first-order chi connectivity index (χ1) is 10.2. The van der Waals surface area contributed by atoms with Crippen LogP contribution >= 0.6 is 0 Å². The van der Waals surface area contributed by atoms with Crippen molar-refractivity contribution in [2.45, 2.75) is 26.3 Å². The van der Waals surface area contributed by atoms with Gasteiger partial charge in [0.1, 0.15) is 11.5 Å². The van der Waals surface area contributed by atoms with Crippen LogP contribution in [0.25, 0.3) is 10.9 Å². The van der Waals surface area contributed by atoms with Gasteiger partial charge in [-0.25, -0.2) is 4.68 Å². The maximum atomic E-state index is 12.4. The first kappa shape index (κ1) is 13.4. The largest absolute Gasteiger partial charge is 0.351 e. The number of rotatable bonds is 4. The zero-order valence-corrected chi connectivity index (χ0v) is 12.1. The molecule has 0 aliphatic rings. The van der Waals surface area contributed by atoms with Gasteiger partial charge in [0.05, 0.1) is 12.2 Å². The van der Waals surface area contributed by atoms with Gasteiger partial charge in [-0.2, -0.15) is 5.10 Å². The minimum absolute atomic E-state index is 0.156. The Morgan fingerprint density at radius 3 is 2.95 bits per heavy atom. The van der Waals surface area contributed by atoms with Crippen molar-refractivity contribution in [2.75, 3.05) is 5.32 Å². The lowest BCUT2D eigenvalue weighted by Gasteiger charge is -2.13. The number of benzene rings is 1. The fourth-order valence-electron chi connectivity index (χ4n) is 2.32. The molecular weight excluding hydrogens is 264 g/mol. The van der Waals surface area contributed by atoms with Gasteiger partial charge in [-0.05, 0) is 25.5 Å². The van der Waals surface area contributed by atoms with Crippen molar-refractivity contribution in [3.8, 4) is 0 Å². The van der Waals surface area contributed by atoms with Crippen LogP contribution in [-0.2, 0) is 0 Å². The van der Waals surface area contributed by atoms with Crippen LogP contribution in [0.5, 0.6) is 0 Å². The Bertz CT molecular complexity index is 738. The average Bonchev–Trinajstić information content (AvgIpc) is 3.12. The molecule has 1 aromatic carbocycles. The number of para-hydroxylation sites is 1. The third-order valence-corrected chi connectivity index (χ3v) is 3.69. The molecule has 0 radical (unpaired) electrons. The van der Waals surface area contributed by atoms with Gasteiger partial charge in [0.15, 0.2) is 0 Å². The Hall–Kier alpha value is -2.56. The summed E-state index contributed by atoms with van der Waals surface area (Å²) in [6.07, 6.45) is 2.66. The molecule has 108 valence electrons. The minimum atomic E-state index is -0.156. The SMILES string of the molecule is CCC(C)n1nccc1NC(=O)c1cc2ccccc2[nH]1. The van der Waals surface area contributed by atoms with Gasteiger partial charge in [-0.3, -0.25) is 4.79 Å². The van der Waals surface area contributed by atoms with Gasteiger partial charge in [0.25, 0.3) is 5.91 Å². The molecule has 0 fully saturated rings. The number of H-pyrrole nitrogens is 1. The number of aromatic amines is 1. The van der Waals surface area contributed by atoms with Crippen molar-refractivity contribution < 1.29 is 4.79 Å². The van der Waals surface area contributed by atoms with E-state index in [0.29, 0.717) is 11.5 Å². The summed E-state index contributed by atoms with van der Waals surface area (Å²) in [5.74, 6) is 0.559. The van der Waals surface area contributed by atoms with Gasteiger partial charge in [-0.15, -0.1) is 0 Å². The van der Waals surface area contributed by atoms with Crippen molar-refractivity contribution in [3.63, 3.8) is 0 Å². The molecule has 0 saturated carbocycles. The van der Waals surface area contributed by atoms with Crippen molar-refractivity contribution in [1.29, 1.82) is 0 Å². The van der Waals surface area contributed by atoms with E-state index in [-0.39, 0.29) is 11.9 Å². The van der Waals surface area contributed by atoms with E-state index < -0.39 is 0 Å². The molecule has 3 aromatic rings. The van der Waals surface area contributed by atoms with Crippen LogP contribution in [0, 0.1) is 0 Å². The number of fused-ring (bicyclic) bond motifs is 1. The van der Waals surface area contributed by atoms with Crippen LogP contribution in [0.3, 0.4) is 0 Å². The molecule has 0 spiro atoms. The van der Waals surface area contributed by atoms with E-state index in [1.807, 2.05) is 41.1 Å². The topological polar surface area (TPSA) is 62.7 Å². The second-order valence-corrected chi connectivity index (χ2v) is 5.14. The van der Waals surface area contributed by atoms with Gasteiger partial charge in [0, 0.05) is 17.0 Å². The summed E-state index contributed by atoms with van der Waals surface area (Å²) >= 11 is 0. The number of nitrogens with zero attached hydrogens (tertiary/aromatic N) is 2. The fraction of sp³-hybridized carbons (Fsp3) is 0.250. The van der Waals surface area contributed by atoms with Gasteiger partial charge in [-0.1, -0.05) is 25.1 Å². The van der Waals surface area contributed by atoms with E-state index in [1.165, 1.54) is 0 Å². The number of hydrogen-bond acceptors (Lipinski definition) is 2. The molecule has 2 heterocycles. The number of anilines is 1. The summed E-state index contributed by atoms with van der Waals surface area (Å²) in [5, 5.41) is 8.21. The van der Waals surface area contributed by atoms with Crippen molar-refractivity contribution >= 4 is 22.6 Å². The van der Waals surface area contributed by atoms with Crippen molar-refractivity contribution in [2.24, 2.45) is 0 Å². The molecule has 2 aromatic heterocycles. The van der Waals surface area contributed by atoms with E-state index in [2.05, 4.69) is 29.2 Å². The van der Waals surface area contributed by atoms with Crippen LogP contribution in [-0.4, -0.2) is 20.7 Å². The summed E-state index contributed by atoms with van der Waals surface area (Å²) in [6.45, 7) is 4.17. The maximum absolute atomic E-state index is 12.4. The Morgan fingerprint density at radius 2 is 2.19 bits per heavy atom. The Kier molecular flexibility index (Phi) is 3.48. The monoisotopic (exact) mass is 282 g/mol. The molecule has 21 heavy (non-hydrogen) atoms. The molecule has 1 amide bonds. The van der Waals surface area contributed by atoms with E-state index >= 15 is 0 Å². The molecule has 5 nitrogen and oxygen atoms in total. The number of carbonyl (C=O) groups is 1. The first-order valence-electron chi connectivity index (χ1n) is 7.11. The summed E-state index contributed by atoms with van der Waals surface area (Å²) < 4.78 is 1.83. The number of amides is 1. The van der Waals surface area contributed by atoms with Crippen LogP contribution in [0.15, 0.2) is 42.6 Å². The highest BCUT2D eigenvalue weighted by Gasteiger charge is 2.14. The molecule has 1 unspecified atom stereocenters. The summed E-state index contributed by atoms with van der Waals surface area (Å²) in [5.41, 5.74) is 1.51. The lowest BCUT2D eigenvalue weighted by molar-refractivity contribution is 0.102. The average molecular weight is 282 g/mol. The van der Waals surface area contributed by atoms with E-state index in [9.17, 15) is 4.79 Å². The standard InChI is InChI=1S/C16H18N4O/c1-3-11(2)20-15(8-9-17-20)19-16(21)14-10-12-6-4-5-7-13(12)18-14/h4-11,18H,3H2,1-2H3,(H,19,21). The maximum Gasteiger partial charge on any atom is 0.273 e. The highest BCUT2D eigenvalue weighted by molar-refractivity contribution is 6.05. The molecule has 0 bridgehead atoms. The smallest absolute Gasteiger partial charge is 0.273 e. The van der Waals surface area contributed by atoms with Gasteiger partial charge >= 0.3 is 0 Å². The lowest BCUT2D eigenvalue weighted by atomic mass is 10.2. The van der Waals surface area contributed by atoms with Crippen LogP contribution in [0.4, 0.5) is 5.82 Å². The number of carbonyl (C=O) groups excluding carboxylic acids is 1. The van der Waals surface area contributed by atoms with Crippen molar-refractivity contribution in [1.82, 2.24) is 14.8 Å². The summed E-state index contributed by atoms with van der Waals surface area (Å²) in [6, 6.07) is 11.7. The summed E-state index contributed by atoms with van der Waals surface area (Å²) in [7, 11) is 0. The number of nitrogens with one attached hydrogen (secondary N) is 2. The van der Waals surface area contributed by atoms with Crippen LogP contribution in [0.1, 0.15) is 36.8 Å². The van der Waals surface area contributed by atoms with Gasteiger partial charge in [0.2, 0.25) is 0 Å². The van der Waals surface area contributed by atoms with Crippen LogP contribution in [0.2, 0.25) is 0 Å². The zero-order valence-electron chi connectivity index (χ0n) is 12.1. The molecule has 1 atom stereocenters. The molecule has 5 heteroatoms. The first-order valence-corrected chi connectivity index (χ1v) is 7.11. The number of aromatic nitrogens is 3. The van der Waals surface area contributed by atoms with Gasteiger partial charge < -0.3 is 10.3 Å². The fourth-order valence-corrected chi connectivity index (χ4v) is 2.32. The Morgan fingerprint density at radius 1 is 1.38 bits per heavy atom. The molecule has 0 aliphatic carbocycles. The molecule has 0 aliphatic heterocycles. The molecular formula is C16H18N4O. The second-order valence-electron chi connectivity index (χ2n) is 5.14. The Labute approximate surface area is 123 Å². The predicted octanol–water partition coefficient (Wildman–Crippen LogP) is 3.59. The normalized spacial score (nSPS) is 12.5. The van der Waals surface area contributed by atoms with Crippen LogP contribution < -0.4 is 5.32 Å². The lowest BCUT2D eigenvalue weighted by Crippen LogP contribution is -2.17. The minimum Gasteiger partial charge on any atom is -0.351 e.